The van der Waals surface area contributed by atoms with Gasteiger partial charge in [-0.2, -0.15) is 5.26 Å². The first kappa shape index (κ1) is 38.1. The molecule has 290 valence electrons. The highest BCUT2D eigenvalue weighted by Crippen LogP contribution is 2.40. The van der Waals surface area contributed by atoms with Gasteiger partial charge in [-0.1, -0.05) is 6.07 Å². The molecule has 0 bridgehead atoms. The minimum atomic E-state index is -0.552. The van der Waals surface area contributed by atoms with Crippen molar-refractivity contribution in [2.24, 2.45) is 0 Å². The Morgan fingerprint density at radius 2 is 1.78 bits per heavy atom. The van der Waals surface area contributed by atoms with Crippen LogP contribution in [-0.2, 0) is 11.3 Å². The number of likely N-dealkylation sites (tertiary alicyclic amines) is 2. The lowest BCUT2D eigenvalue weighted by Crippen LogP contribution is -2.52. The van der Waals surface area contributed by atoms with Crippen LogP contribution >= 0.6 is 0 Å². The van der Waals surface area contributed by atoms with Crippen LogP contribution in [0.2, 0.25) is 0 Å². The predicted octanol–water partition coefficient (Wildman–Crippen LogP) is 7.04. The zero-order chi connectivity index (χ0) is 39.2. The number of nitrogens with zero attached hydrogens (tertiary/aromatic N) is 9. The van der Waals surface area contributed by atoms with Gasteiger partial charge in [-0.05, 0) is 103 Å². The van der Waals surface area contributed by atoms with E-state index in [1.54, 1.807) is 28.4 Å². The van der Waals surface area contributed by atoms with E-state index in [4.69, 9.17) is 9.72 Å². The number of hydrogen-bond acceptors (Lipinski definition) is 9. The molecule has 4 aromatic rings. The van der Waals surface area contributed by atoms with Crippen LogP contribution < -0.4 is 9.80 Å². The van der Waals surface area contributed by atoms with Crippen LogP contribution in [0.1, 0.15) is 87.6 Å². The summed E-state index contributed by atoms with van der Waals surface area (Å²) in [6.45, 7) is 19.2. The summed E-state index contributed by atoms with van der Waals surface area (Å²) >= 11 is 0. The topological polar surface area (TPSA) is 114 Å². The molecule has 7 rings (SSSR count). The molecule has 2 fully saturated rings. The summed E-state index contributed by atoms with van der Waals surface area (Å²) in [4.78, 5) is 45.8. The van der Waals surface area contributed by atoms with Gasteiger partial charge < -0.3 is 28.9 Å². The molecule has 0 N–H and O–H groups in total. The first-order valence-electron chi connectivity index (χ1n) is 19.5. The molecule has 5 heterocycles. The summed E-state index contributed by atoms with van der Waals surface area (Å²) in [5.41, 5.74) is 5.31. The standard InChI is InChI=1S/C42H52FN9O3/c1-8-49(27(2)3)40(53)35-19-30(43)10-12-36(35)51-18-17-50(39-38(51)22-45-26-46-39)31-13-15-47(16-14-31)23-29-9-11-37-34(28(29)4)20-32(21-44)52(37)33-24-48(25-33)41(54)55-42(5,6)7/h9-12,19-20,22,26-27,31,33H,8,13-18,23-25H2,1-7H3. The zero-order valence-electron chi connectivity index (χ0n) is 33.0. The zero-order valence-corrected chi connectivity index (χ0v) is 33.0. The van der Waals surface area contributed by atoms with Gasteiger partial charge in [0, 0.05) is 75.3 Å². The molecular formula is C42H52FN9O3. The summed E-state index contributed by atoms with van der Waals surface area (Å²) in [5, 5.41) is 11.1. The number of benzene rings is 2. The lowest BCUT2D eigenvalue weighted by molar-refractivity contribution is 0.00147. The van der Waals surface area contributed by atoms with E-state index in [0.29, 0.717) is 49.7 Å². The Bertz CT molecular complexity index is 2120. The molecular weight excluding hydrogens is 698 g/mol. The normalized spacial score (nSPS) is 17.0. The van der Waals surface area contributed by atoms with E-state index in [2.05, 4.69) is 49.4 Å². The molecule has 0 unspecified atom stereocenters. The van der Waals surface area contributed by atoms with Crippen LogP contribution in [0.3, 0.4) is 0 Å². The molecule has 0 spiro atoms. The molecule has 2 amide bonds. The number of halogens is 1. The van der Waals surface area contributed by atoms with Crippen molar-refractivity contribution in [2.75, 3.05) is 55.6 Å². The Morgan fingerprint density at radius 3 is 2.45 bits per heavy atom. The van der Waals surface area contributed by atoms with E-state index in [1.807, 2.05) is 47.6 Å². The second kappa shape index (κ2) is 15.1. The number of anilines is 3. The smallest absolute Gasteiger partial charge is 0.410 e. The third kappa shape index (κ3) is 7.44. The molecule has 0 atom stereocenters. The van der Waals surface area contributed by atoms with Gasteiger partial charge in [0.15, 0.2) is 5.82 Å². The van der Waals surface area contributed by atoms with Gasteiger partial charge in [-0.3, -0.25) is 9.69 Å². The van der Waals surface area contributed by atoms with Gasteiger partial charge in [0.25, 0.3) is 5.91 Å². The number of piperidine rings is 1. The Labute approximate surface area is 323 Å². The van der Waals surface area contributed by atoms with Crippen LogP contribution in [0.5, 0.6) is 0 Å². The minimum Gasteiger partial charge on any atom is -0.444 e. The molecule has 2 aromatic carbocycles. The maximum absolute atomic E-state index is 14.6. The summed E-state index contributed by atoms with van der Waals surface area (Å²) in [5.74, 6) is 0.199. The summed E-state index contributed by atoms with van der Waals surface area (Å²) < 4.78 is 22.2. The number of aromatic nitrogens is 3. The number of ether oxygens (including phenoxy) is 1. The monoisotopic (exact) mass is 749 g/mol. The molecule has 0 aliphatic carbocycles. The molecule has 55 heavy (non-hydrogen) atoms. The number of amides is 2. The Balaban J connectivity index is 1.03. The largest absolute Gasteiger partial charge is 0.444 e. The number of aryl methyl sites for hydroxylation is 1. The van der Waals surface area contributed by atoms with Crippen molar-refractivity contribution in [3.63, 3.8) is 0 Å². The lowest BCUT2D eigenvalue weighted by atomic mass is 9.99. The molecule has 2 saturated heterocycles. The van der Waals surface area contributed by atoms with E-state index < -0.39 is 11.4 Å². The number of rotatable bonds is 8. The third-order valence-electron chi connectivity index (χ3n) is 11.3. The quantitative estimate of drug-likeness (QED) is 0.187. The van der Waals surface area contributed by atoms with Crippen LogP contribution in [0.4, 0.5) is 26.4 Å². The second-order valence-corrected chi connectivity index (χ2v) is 16.3. The van der Waals surface area contributed by atoms with Crippen molar-refractivity contribution >= 4 is 40.1 Å². The van der Waals surface area contributed by atoms with Crippen LogP contribution in [0.25, 0.3) is 10.9 Å². The highest BCUT2D eigenvalue weighted by Gasteiger charge is 2.37. The highest BCUT2D eigenvalue weighted by atomic mass is 19.1. The van der Waals surface area contributed by atoms with Gasteiger partial charge in [0.1, 0.15) is 35.2 Å². The van der Waals surface area contributed by atoms with Gasteiger partial charge >= 0.3 is 6.09 Å². The van der Waals surface area contributed by atoms with Gasteiger partial charge in [0.2, 0.25) is 0 Å². The molecule has 2 aromatic heterocycles. The summed E-state index contributed by atoms with van der Waals surface area (Å²) in [6.07, 6.45) is 4.99. The summed E-state index contributed by atoms with van der Waals surface area (Å²) in [6, 6.07) is 13.4. The molecule has 3 aliphatic rings. The molecule has 13 heteroatoms. The van der Waals surface area contributed by atoms with Gasteiger partial charge in [0.05, 0.1) is 23.5 Å². The molecule has 0 radical (unpaired) electrons. The number of fused-ring (bicyclic) bond motifs is 2. The number of carbonyl (C=O) groups is 2. The molecule has 3 aliphatic heterocycles. The number of nitriles is 1. The predicted molar refractivity (Wildman–Crippen MR) is 211 cm³/mol. The average molecular weight is 750 g/mol. The summed E-state index contributed by atoms with van der Waals surface area (Å²) in [7, 11) is 0. The van der Waals surface area contributed by atoms with E-state index in [-0.39, 0.29) is 30.1 Å². The number of carbonyl (C=O) groups excluding carboxylic acids is 2. The SMILES string of the molecule is CCN(C(=O)c1cc(F)ccc1N1CCN(C2CCN(Cc3ccc4c(cc(C#N)n4C4CN(C(=O)OC(C)(C)C)C4)c3C)CC2)c2ncncc21)C(C)C. The van der Waals surface area contributed by atoms with Crippen molar-refractivity contribution in [3.05, 3.63) is 77.1 Å². The first-order chi connectivity index (χ1) is 26.3. The Kier molecular flexibility index (Phi) is 10.5. The average Bonchev–Trinajstić information content (AvgIpc) is 3.50. The fourth-order valence-electron chi connectivity index (χ4n) is 8.44. The first-order valence-corrected chi connectivity index (χ1v) is 19.5. The number of hydrogen-bond donors (Lipinski definition) is 0. The van der Waals surface area contributed by atoms with Crippen LogP contribution in [0, 0.1) is 24.1 Å². The van der Waals surface area contributed by atoms with Crippen molar-refractivity contribution in [1.82, 2.24) is 29.2 Å². The highest BCUT2D eigenvalue weighted by molar-refractivity contribution is 6.01. The van der Waals surface area contributed by atoms with Crippen LogP contribution in [-0.4, -0.2) is 105 Å². The van der Waals surface area contributed by atoms with Crippen molar-refractivity contribution in [1.29, 1.82) is 5.26 Å². The van der Waals surface area contributed by atoms with Gasteiger partial charge in [-0.15, -0.1) is 0 Å². The fraction of sp³-hybridized carbons (Fsp3) is 0.500. The van der Waals surface area contributed by atoms with Crippen molar-refractivity contribution < 1.29 is 18.7 Å². The van der Waals surface area contributed by atoms with Crippen molar-refractivity contribution in [3.8, 4) is 6.07 Å². The second-order valence-electron chi connectivity index (χ2n) is 16.3. The molecule has 0 saturated carbocycles. The maximum Gasteiger partial charge on any atom is 0.410 e. The van der Waals surface area contributed by atoms with E-state index in [9.17, 15) is 19.2 Å². The third-order valence-corrected chi connectivity index (χ3v) is 11.3. The van der Waals surface area contributed by atoms with Gasteiger partial charge in [-0.25, -0.2) is 19.2 Å². The van der Waals surface area contributed by atoms with Crippen LogP contribution in [0.15, 0.2) is 48.9 Å². The van der Waals surface area contributed by atoms with E-state index >= 15 is 0 Å². The van der Waals surface area contributed by atoms with E-state index in [0.717, 1.165) is 54.9 Å². The lowest BCUT2D eigenvalue weighted by Gasteiger charge is -2.44. The Hall–Kier alpha value is -5.22. The van der Waals surface area contributed by atoms with E-state index in [1.165, 1.54) is 23.3 Å². The maximum atomic E-state index is 14.6. The minimum absolute atomic E-state index is 0.0189. The molecule has 12 nitrogen and oxygen atoms in total. The Morgan fingerprint density at radius 1 is 1.04 bits per heavy atom. The van der Waals surface area contributed by atoms with Crippen molar-refractivity contribution in [2.45, 2.75) is 91.6 Å². The fourth-order valence-corrected chi connectivity index (χ4v) is 8.44.